The van der Waals surface area contributed by atoms with Gasteiger partial charge in [-0.3, -0.25) is 14.4 Å². The number of hydrogen-bond donors (Lipinski definition) is 2. The Morgan fingerprint density at radius 1 is 0.925 bits per heavy atom. The first-order valence-electron chi connectivity index (χ1n) is 18.6. The zero-order valence-electron chi connectivity index (χ0n) is 30.4. The zero-order chi connectivity index (χ0) is 37.7. The van der Waals surface area contributed by atoms with E-state index in [0.29, 0.717) is 18.4 Å². The topological polar surface area (TPSA) is 189 Å². The third-order valence-corrected chi connectivity index (χ3v) is 15.2. The van der Waals surface area contributed by atoms with Crippen LogP contribution >= 0.6 is 0 Å². The molecule has 1 spiro atoms. The number of fused-ring (bicyclic) bond motifs is 7. The van der Waals surface area contributed by atoms with E-state index >= 15 is 0 Å². The number of ketones is 1. The Morgan fingerprint density at radius 2 is 1.64 bits per heavy atom. The normalized spacial score (nSPS) is 46.3. The largest absolute Gasteiger partial charge is 0.466 e. The van der Waals surface area contributed by atoms with Crippen LogP contribution in [-0.2, 0) is 52.5 Å². The Morgan fingerprint density at radius 3 is 2.36 bits per heavy atom. The van der Waals surface area contributed by atoms with E-state index < -0.39 is 88.1 Å². The Kier molecular flexibility index (Phi) is 7.19. The molecular weight excluding hydrogens is 688 g/mol. The van der Waals surface area contributed by atoms with Crippen molar-refractivity contribution in [2.75, 3.05) is 26.9 Å². The molecule has 0 aromatic heterocycles. The third-order valence-electron chi connectivity index (χ3n) is 15.2. The summed E-state index contributed by atoms with van der Waals surface area (Å²) < 4.78 is 28.4. The summed E-state index contributed by atoms with van der Waals surface area (Å²) in [6.07, 6.45) is 1.42. The number of allylic oxidation sites excluding steroid dienone is 1. The van der Waals surface area contributed by atoms with Gasteiger partial charge in [-0.15, -0.1) is 0 Å². The van der Waals surface area contributed by atoms with Gasteiger partial charge in [0, 0.05) is 34.0 Å². The lowest BCUT2D eigenvalue weighted by Gasteiger charge is -2.63. The molecule has 12 atom stereocenters. The number of aliphatic hydroxyl groups is 2. The van der Waals surface area contributed by atoms with Gasteiger partial charge in [-0.05, 0) is 85.8 Å². The van der Waals surface area contributed by atoms with E-state index in [4.69, 9.17) is 23.7 Å². The second-order valence-electron chi connectivity index (χ2n) is 17.2. The highest BCUT2D eigenvalue weighted by Gasteiger charge is 2.84. The molecule has 53 heavy (non-hydrogen) atoms. The smallest absolute Gasteiger partial charge is 0.338 e. The molecule has 5 saturated carbocycles. The van der Waals surface area contributed by atoms with Crippen molar-refractivity contribution >= 4 is 35.6 Å². The fourth-order valence-electron chi connectivity index (χ4n) is 12.7. The van der Waals surface area contributed by atoms with Gasteiger partial charge in [0.25, 0.3) is 0 Å². The van der Waals surface area contributed by atoms with Gasteiger partial charge >= 0.3 is 29.8 Å². The van der Waals surface area contributed by atoms with E-state index in [2.05, 4.69) is 6.92 Å². The standard InChI is InChI=1S/C40H44O13/c1-16-8-9-50-27(41)6-7-28(42)51-14-20-22-13-25-37(3,23-12-24(23)39(25,48)15-52-34(16)45)26-11-19-18-10-21(18)38(4)30(19)31(40(22,26)53-36(20)47)29(32(43)33(38)44)17(2)35(46)49-5/h8,18,21,23-26,31,33,44,48H,6-7,9-15H2,1-5H3. The van der Waals surface area contributed by atoms with Crippen molar-refractivity contribution in [3.05, 3.63) is 45.1 Å². The quantitative estimate of drug-likeness (QED) is 0.173. The van der Waals surface area contributed by atoms with E-state index in [0.717, 1.165) is 17.6 Å². The van der Waals surface area contributed by atoms with Crippen molar-refractivity contribution in [1.29, 1.82) is 0 Å². The predicted octanol–water partition coefficient (Wildman–Crippen LogP) is 2.38. The average molecular weight is 733 g/mol. The van der Waals surface area contributed by atoms with E-state index in [1.165, 1.54) is 27.0 Å². The van der Waals surface area contributed by atoms with Crippen LogP contribution in [0.1, 0.15) is 66.2 Å². The zero-order valence-corrected chi connectivity index (χ0v) is 30.4. The fourth-order valence-corrected chi connectivity index (χ4v) is 12.7. The number of esters is 5. The number of aliphatic hydroxyl groups excluding tert-OH is 1. The van der Waals surface area contributed by atoms with Crippen LogP contribution in [0.25, 0.3) is 0 Å². The van der Waals surface area contributed by atoms with Crippen molar-refractivity contribution in [2.24, 2.45) is 52.3 Å². The summed E-state index contributed by atoms with van der Waals surface area (Å²) in [6, 6.07) is 0. The molecule has 7 aliphatic carbocycles. The number of hydrogen-bond acceptors (Lipinski definition) is 13. The van der Waals surface area contributed by atoms with Crippen LogP contribution in [0.5, 0.6) is 0 Å². The van der Waals surface area contributed by atoms with Crippen LogP contribution in [0.15, 0.2) is 45.1 Å². The summed E-state index contributed by atoms with van der Waals surface area (Å²) in [5.41, 5.74) is -1.89. The maximum atomic E-state index is 14.6. The first-order valence-corrected chi connectivity index (χ1v) is 18.6. The van der Waals surface area contributed by atoms with E-state index in [-0.39, 0.29) is 78.4 Å². The number of rotatable bonds is 1. The lowest BCUT2D eigenvalue weighted by atomic mass is 9.42. The lowest BCUT2D eigenvalue weighted by molar-refractivity contribution is -0.191. The summed E-state index contributed by atoms with van der Waals surface area (Å²) in [5, 5.41) is 24.6. The Labute approximate surface area is 305 Å². The number of Topliss-reactive ketones (excluding diaryl/α,β-unsaturated/α-hetero) is 1. The van der Waals surface area contributed by atoms with Crippen molar-refractivity contribution in [2.45, 2.75) is 83.5 Å². The molecule has 2 bridgehead atoms. The predicted molar refractivity (Wildman–Crippen MR) is 179 cm³/mol. The SMILES string of the molecule is COC(=O)C(C)=C1C(=O)C(O)C2(C)C3=C(CC4C5(OC(=O)C6=C5CC5C(O)(COC(=O)C(C)=CCOC(=O)CCC(=O)OC6)C6CC6C54C)C13)C1CC12. The molecule has 9 aliphatic rings. The molecule has 0 amide bonds. The van der Waals surface area contributed by atoms with Crippen molar-refractivity contribution < 1.29 is 62.7 Å². The fraction of sp³-hybridized carbons (Fsp3) is 0.650. The highest BCUT2D eigenvalue weighted by molar-refractivity contribution is 6.09. The summed E-state index contributed by atoms with van der Waals surface area (Å²) in [5.74, 6) is -6.28. The second-order valence-corrected chi connectivity index (χ2v) is 17.2. The van der Waals surface area contributed by atoms with Crippen LogP contribution in [0.2, 0.25) is 0 Å². The number of cyclic esters (lactones) is 3. The summed E-state index contributed by atoms with van der Waals surface area (Å²) in [7, 11) is 1.22. The highest BCUT2D eigenvalue weighted by Crippen LogP contribution is 2.83. The van der Waals surface area contributed by atoms with E-state index in [9.17, 15) is 39.0 Å². The highest BCUT2D eigenvalue weighted by atomic mass is 16.6. The van der Waals surface area contributed by atoms with Crippen LogP contribution in [-0.4, -0.2) is 90.1 Å². The number of ether oxygens (including phenoxy) is 5. The molecule has 2 N–H and O–H groups in total. The number of carbonyl (C=O) groups is 6. The molecule has 2 heterocycles. The van der Waals surface area contributed by atoms with Crippen molar-refractivity contribution in [3.63, 3.8) is 0 Å². The van der Waals surface area contributed by atoms with Gasteiger partial charge in [0.05, 0.1) is 31.4 Å². The Hall–Kier alpha value is -4.10. The van der Waals surface area contributed by atoms with Crippen LogP contribution in [0.4, 0.5) is 0 Å². The van der Waals surface area contributed by atoms with Gasteiger partial charge in [-0.2, -0.15) is 0 Å². The minimum absolute atomic E-state index is 0.00160. The molecule has 5 fully saturated rings. The maximum Gasteiger partial charge on any atom is 0.338 e. The summed E-state index contributed by atoms with van der Waals surface area (Å²) in [4.78, 5) is 80.8. The average Bonchev–Trinajstić information content (AvgIpc) is 4.05. The van der Waals surface area contributed by atoms with Gasteiger partial charge < -0.3 is 33.9 Å². The maximum absolute atomic E-state index is 14.6. The van der Waals surface area contributed by atoms with Crippen molar-refractivity contribution in [1.82, 2.24) is 0 Å². The minimum atomic E-state index is -1.51. The molecule has 9 rings (SSSR count). The Balaban J connectivity index is 1.27. The molecule has 282 valence electrons. The summed E-state index contributed by atoms with van der Waals surface area (Å²) in [6.45, 7) is 6.06. The van der Waals surface area contributed by atoms with Crippen LogP contribution < -0.4 is 0 Å². The van der Waals surface area contributed by atoms with Crippen LogP contribution in [0.3, 0.4) is 0 Å². The first kappa shape index (κ1) is 34.7. The van der Waals surface area contributed by atoms with E-state index in [1.807, 2.05) is 6.92 Å². The number of carbonyl (C=O) groups excluding carboxylic acids is 6. The molecule has 0 aromatic rings. The molecular formula is C40H44O13. The van der Waals surface area contributed by atoms with Gasteiger partial charge in [-0.1, -0.05) is 19.4 Å². The van der Waals surface area contributed by atoms with E-state index in [1.54, 1.807) is 0 Å². The number of methoxy groups -OCH3 is 1. The lowest BCUT2D eigenvalue weighted by Crippen LogP contribution is -2.67. The molecule has 12 unspecified atom stereocenters. The van der Waals surface area contributed by atoms with Gasteiger partial charge in [-0.25, -0.2) is 14.4 Å². The third kappa shape index (κ3) is 4.21. The first-order chi connectivity index (χ1) is 25.1. The Bertz CT molecular complexity index is 1970. The minimum Gasteiger partial charge on any atom is -0.466 e. The second kappa shape index (κ2) is 11.0. The molecule has 0 aromatic carbocycles. The molecule has 2 aliphatic heterocycles. The monoisotopic (exact) mass is 732 g/mol. The van der Waals surface area contributed by atoms with Gasteiger partial charge in [0.1, 0.15) is 37.1 Å². The van der Waals surface area contributed by atoms with Crippen molar-refractivity contribution in [3.8, 4) is 0 Å². The molecule has 13 nitrogen and oxygen atoms in total. The van der Waals surface area contributed by atoms with Gasteiger partial charge in [0.2, 0.25) is 0 Å². The molecule has 13 heteroatoms. The summed E-state index contributed by atoms with van der Waals surface area (Å²) >= 11 is 0. The van der Waals surface area contributed by atoms with Crippen LogP contribution in [0, 0.1) is 52.3 Å². The molecule has 0 saturated heterocycles. The van der Waals surface area contributed by atoms with Gasteiger partial charge in [0.15, 0.2) is 5.78 Å². The molecule has 0 radical (unpaired) electrons.